The lowest BCUT2D eigenvalue weighted by atomic mass is 10.1. The first-order chi connectivity index (χ1) is 7.15. The first-order valence-electron chi connectivity index (χ1n) is 6.05. The van der Waals surface area contributed by atoms with E-state index in [1.54, 1.807) is 0 Å². The number of rotatable bonds is 4. The summed E-state index contributed by atoms with van der Waals surface area (Å²) in [4.78, 5) is 13.7. The predicted octanol–water partition coefficient (Wildman–Crippen LogP) is 2.06. The van der Waals surface area contributed by atoms with Crippen LogP contribution in [-0.2, 0) is 9.53 Å². The molecule has 1 fully saturated rings. The van der Waals surface area contributed by atoms with Gasteiger partial charge in [0.25, 0.3) is 0 Å². The summed E-state index contributed by atoms with van der Waals surface area (Å²) < 4.78 is 5.68. The molecule has 1 heterocycles. The second kappa shape index (κ2) is 6.11. The third kappa shape index (κ3) is 3.82. The normalized spacial score (nSPS) is 18.5. The Kier molecular flexibility index (Phi) is 5.09. The number of piperidine rings is 1. The van der Waals surface area contributed by atoms with Crippen LogP contribution >= 0.6 is 0 Å². The van der Waals surface area contributed by atoms with Crippen LogP contribution in [0.3, 0.4) is 0 Å². The maximum Gasteiger partial charge on any atom is 0.225 e. The Labute approximate surface area is 92.8 Å². The van der Waals surface area contributed by atoms with Crippen LogP contribution in [-0.4, -0.2) is 36.6 Å². The molecule has 0 aromatic heterocycles. The highest BCUT2D eigenvalue weighted by Crippen LogP contribution is 2.15. The summed E-state index contributed by atoms with van der Waals surface area (Å²) >= 11 is 0. The molecule has 0 radical (unpaired) electrons. The minimum atomic E-state index is 0.123. The molecule has 0 atom stereocenters. The molecular formula is C12H23NO2. The summed E-state index contributed by atoms with van der Waals surface area (Å²) in [5.74, 6) is 0.405. The highest BCUT2D eigenvalue weighted by atomic mass is 16.5. The smallest absolute Gasteiger partial charge is 0.225 e. The molecule has 15 heavy (non-hydrogen) atoms. The van der Waals surface area contributed by atoms with Crippen LogP contribution in [0.25, 0.3) is 0 Å². The number of carbonyl (C=O) groups is 1. The quantitative estimate of drug-likeness (QED) is 0.715. The van der Waals surface area contributed by atoms with E-state index < -0.39 is 0 Å². The molecule has 1 aliphatic heterocycles. The highest BCUT2D eigenvalue weighted by Gasteiger charge is 2.24. The van der Waals surface area contributed by atoms with Crippen LogP contribution in [0.15, 0.2) is 0 Å². The number of ether oxygens (including phenoxy) is 1. The summed E-state index contributed by atoms with van der Waals surface area (Å²) in [6.07, 6.45) is 3.45. The third-order valence-electron chi connectivity index (χ3n) is 2.81. The Morgan fingerprint density at radius 2 is 2.00 bits per heavy atom. The standard InChI is InChI=1S/C12H23NO2/c1-4-9-15-11-5-7-13(8-6-11)12(14)10(2)3/h10-11H,4-9H2,1-3H3. The number of nitrogens with zero attached hydrogens (tertiary/aromatic N) is 1. The zero-order valence-corrected chi connectivity index (χ0v) is 10.2. The predicted molar refractivity (Wildman–Crippen MR) is 60.7 cm³/mol. The van der Waals surface area contributed by atoms with E-state index in [9.17, 15) is 4.79 Å². The molecule has 88 valence electrons. The molecule has 1 aliphatic rings. The zero-order valence-electron chi connectivity index (χ0n) is 10.2. The van der Waals surface area contributed by atoms with Gasteiger partial charge in [0.15, 0.2) is 0 Å². The molecule has 0 bridgehead atoms. The number of carbonyl (C=O) groups excluding carboxylic acids is 1. The van der Waals surface area contributed by atoms with Gasteiger partial charge in [-0.05, 0) is 19.3 Å². The lowest BCUT2D eigenvalue weighted by Gasteiger charge is -2.33. The van der Waals surface area contributed by atoms with Crippen LogP contribution in [0.1, 0.15) is 40.0 Å². The van der Waals surface area contributed by atoms with Crippen LogP contribution in [0.5, 0.6) is 0 Å². The summed E-state index contributed by atoms with van der Waals surface area (Å²) in [5.41, 5.74) is 0. The monoisotopic (exact) mass is 213 g/mol. The van der Waals surface area contributed by atoms with Gasteiger partial charge in [0, 0.05) is 25.6 Å². The van der Waals surface area contributed by atoms with Crippen molar-refractivity contribution in [3.8, 4) is 0 Å². The van der Waals surface area contributed by atoms with Crippen molar-refractivity contribution in [2.45, 2.75) is 46.1 Å². The van der Waals surface area contributed by atoms with E-state index in [1.165, 1.54) is 0 Å². The topological polar surface area (TPSA) is 29.5 Å². The molecule has 1 rings (SSSR count). The minimum Gasteiger partial charge on any atom is -0.378 e. The van der Waals surface area contributed by atoms with Crippen molar-refractivity contribution in [1.29, 1.82) is 0 Å². The average Bonchev–Trinajstić information content (AvgIpc) is 2.26. The zero-order chi connectivity index (χ0) is 11.3. The summed E-state index contributed by atoms with van der Waals surface area (Å²) in [5, 5.41) is 0. The Bertz CT molecular complexity index is 196. The van der Waals surface area contributed by atoms with Crippen LogP contribution < -0.4 is 0 Å². The number of amides is 1. The van der Waals surface area contributed by atoms with E-state index in [2.05, 4.69) is 6.92 Å². The van der Waals surface area contributed by atoms with E-state index in [-0.39, 0.29) is 11.8 Å². The molecular weight excluding hydrogens is 190 g/mol. The first kappa shape index (κ1) is 12.5. The second-order valence-corrected chi connectivity index (χ2v) is 4.55. The van der Waals surface area contributed by atoms with Gasteiger partial charge in [0.2, 0.25) is 5.91 Å². The molecule has 1 saturated heterocycles. The van der Waals surface area contributed by atoms with Crippen LogP contribution in [0.4, 0.5) is 0 Å². The number of hydrogen-bond donors (Lipinski definition) is 0. The van der Waals surface area contributed by atoms with Gasteiger partial charge < -0.3 is 9.64 Å². The lowest BCUT2D eigenvalue weighted by molar-refractivity contribution is -0.137. The number of likely N-dealkylation sites (tertiary alicyclic amines) is 1. The minimum absolute atomic E-state index is 0.123. The van der Waals surface area contributed by atoms with Crippen LogP contribution in [0.2, 0.25) is 0 Å². The SMILES string of the molecule is CCCOC1CCN(C(=O)C(C)C)CC1. The molecule has 0 saturated carbocycles. The van der Waals surface area contributed by atoms with E-state index in [0.29, 0.717) is 6.10 Å². The lowest BCUT2D eigenvalue weighted by Crippen LogP contribution is -2.42. The molecule has 0 spiro atoms. The highest BCUT2D eigenvalue weighted by molar-refractivity contribution is 5.78. The fraction of sp³-hybridized carbons (Fsp3) is 0.917. The molecule has 0 unspecified atom stereocenters. The van der Waals surface area contributed by atoms with Gasteiger partial charge in [-0.2, -0.15) is 0 Å². The van der Waals surface area contributed by atoms with Crippen molar-refractivity contribution in [2.24, 2.45) is 5.92 Å². The fourth-order valence-electron chi connectivity index (χ4n) is 1.89. The van der Waals surface area contributed by atoms with Gasteiger partial charge in [-0.1, -0.05) is 20.8 Å². The summed E-state index contributed by atoms with van der Waals surface area (Å²) in [7, 11) is 0. The molecule has 1 amide bonds. The van der Waals surface area contributed by atoms with E-state index in [0.717, 1.165) is 39.0 Å². The van der Waals surface area contributed by atoms with Crippen molar-refractivity contribution >= 4 is 5.91 Å². The molecule has 3 nitrogen and oxygen atoms in total. The van der Waals surface area contributed by atoms with Gasteiger partial charge in [-0.3, -0.25) is 4.79 Å². The third-order valence-corrected chi connectivity index (χ3v) is 2.81. The Hall–Kier alpha value is -0.570. The average molecular weight is 213 g/mol. The van der Waals surface area contributed by atoms with Crippen molar-refractivity contribution in [2.75, 3.05) is 19.7 Å². The van der Waals surface area contributed by atoms with Gasteiger partial charge >= 0.3 is 0 Å². The summed E-state index contributed by atoms with van der Waals surface area (Å²) in [6.45, 7) is 8.63. The second-order valence-electron chi connectivity index (χ2n) is 4.55. The maximum atomic E-state index is 11.7. The van der Waals surface area contributed by atoms with Gasteiger partial charge in [0.1, 0.15) is 0 Å². The van der Waals surface area contributed by atoms with E-state index >= 15 is 0 Å². The number of hydrogen-bond acceptors (Lipinski definition) is 2. The van der Waals surface area contributed by atoms with Crippen molar-refractivity contribution in [1.82, 2.24) is 4.90 Å². The van der Waals surface area contributed by atoms with Crippen LogP contribution in [0, 0.1) is 5.92 Å². The van der Waals surface area contributed by atoms with Crippen molar-refractivity contribution in [3.05, 3.63) is 0 Å². The Morgan fingerprint density at radius 3 is 2.47 bits per heavy atom. The molecule has 0 aromatic rings. The first-order valence-corrected chi connectivity index (χ1v) is 6.05. The van der Waals surface area contributed by atoms with Gasteiger partial charge in [-0.15, -0.1) is 0 Å². The molecule has 0 aromatic carbocycles. The molecule has 3 heteroatoms. The van der Waals surface area contributed by atoms with E-state index in [4.69, 9.17) is 4.74 Å². The van der Waals surface area contributed by atoms with Crippen molar-refractivity contribution < 1.29 is 9.53 Å². The van der Waals surface area contributed by atoms with E-state index in [1.807, 2.05) is 18.7 Å². The maximum absolute atomic E-state index is 11.7. The van der Waals surface area contributed by atoms with Gasteiger partial charge in [0.05, 0.1) is 6.10 Å². The molecule has 0 N–H and O–H groups in total. The largest absolute Gasteiger partial charge is 0.378 e. The molecule has 0 aliphatic carbocycles. The summed E-state index contributed by atoms with van der Waals surface area (Å²) in [6, 6.07) is 0. The van der Waals surface area contributed by atoms with Crippen molar-refractivity contribution in [3.63, 3.8) is 0 Å². The Balaban J connectivity index is 2.26. The fourth-order valence-corrected chi connectivity index (χ4v) is 1.89. The van der Waals surface area contributed by atoms with Gasteiger partial charge in [-0.25, -0.2) is 0 Å². The Morgan fingerprint density at radius 1 is 1.40 bits per heavy atom.